The van der Waals surface area contributed by atoms with E-state index >= 15 is 0 Å². The highest BCUT2D eigenvalue weighted by Gasteiger charge is 2.12. The van der Waals surface area contributed by atoms with Gasteiger partial charge in [0.1, 0.15) is 5.78 Å². The molecule has 0 saturated heterocycles. The van der Waals surface area contributed by atoms with Crippen molar-refractivity contribution in [2.45, 2.75) is 20.3 Å². The molecule has 0 N–H and O–H groups in total. The summed E-state index contributed by atoms with van der Waals surface area (Å²) in [4.78, 5) is 25.9. The van der Waals surface area contributed by atoms with Gasteiger partial charge in [0.2, 0.25) is 5.91 Å². The first-order valence-electron chi connectivity index (χ1n) is 4.89. The van der Waals surface area contributed by atoms with Crippen LogP contribution in [0.3, 0.4) is 0 Å². The van der Waals surface area contributed by atoms with Gasteiger partial charge in [0.05, 0.1) is 6.54 Å². The van der Waals surface area contributed by atoms with E-state index in [1.165, 1.54) is 6.92 Å². The van der Waals surface area contributed by atoms with Crippen molar-refractivity contribution >= 4 is 11.7 Å². The lowest BCUT2D eigenvalue weighted by Crippen LogP contribution is -2.39. The highest BCUT2D eigenvalue weighted by atomic mass is 16.2. The van der Waals surface area contributed by atoms with Gasteiger partial charge in [-0.2, -0.15) is 0 Å². The minimum Gasteiger partial charge on any atom is -0.334 e. The Labute approximate surface area is 85.9 Å². The van der Waals surface area contributed by atoms with Crippen molar-refractivity contribution in [2.75, 3.05) is 33.7 Å². The molecule has 1 amide bonds. The summed E-state index contributed by atoms with van der Waals surface area (Å²) in [7, 11) is 3.89. The van der Waals surface area contributed by atoms with Crippen molar-refractivity contribution < 1.29 is 9.59 Å². The van der Waals surface area contributed by atoms with Crippen LogP contribution in [0, 0.1) is 0 Å². The second-order valence-corrected chi connectivity index (χ2v) is 3.67. The van der Waals surface area contributed by atoms with Crippen LogP contribution in [0.2, 0.25) is 0 Å². The Bertz CT molecular complexity index is 202. The molecule has 82 valence electrons. The zero-order valence-electron chi connectivity index (χ0n) is 9.54. The molecule has 0 unspecified atom stereocenters. The smallest absolute Gasteiger partial charge is 0.222 e. The van der Waals surface area contributed by atoms with Crippen LogP contribution >= 0.6 is 0 Å². The Balaban J connectivity index is 4.10. The van der Waals surface area contributed by atoms with Crippen LogP contribution in [-0.2, 0) is 9.59 Å². The summed E-state index contributed by atoms with van der Waals surface area (Å²) in [6.07, 6.45) is 0.459. The molecule has 0 spiro atoms. The van der Waals surface area contributed by atoms with Crippen LogP contribution < -0.4 is 0 Å². The van der Waals surface area contributed by atoms with Gasteiger partial charge in [0.15, 0.2) is 0 Å². The van der Waals surface area contributed by atoms with Gasteiger partial charge < -0.3 is 9.80 Å². The minimum absolute atomic E-state index is 0.0329. The molecule has 0 bridgehead atoms. The Kier molecular flexibility index (Phi) is 6.12. The fraction of sp³-hybridized carbons (Fsp3) is 0.800. The topological polar surface area (TPSA) is 40.6 Å². The second-order valence-electron chi connectivity index (χ2n) is 3.67. The van der Waals surface area contributed by atoms with Crippen molar-refractivity contribution in [3.8, 4) is 0 Å². The van der Waals surface area contributed by atoms with Crippen LogP contribution in [0.4, 0.5) is 0 Å². The van der Waals surface area contributed by atoms with Gasteiger partial charge in [-0.15, -0.1) is 0 Å². The van der Waals surface area contributed by atoms with Crippen LogP contribution in [0.5, 0.6) is 0 Å². The SMILES string of the molecule is CCC(=O)N(CCN(C)C)CC(C)=O. The van der Waals surface area contributed by atoms with E-state index in [-0.39, 0.29) is 18.2 Å². The third-order valence-corrected chi connectivity index (χ3v) is 1.89. The fourth-order valence-electron chi connectivity index (χ4n) is 1.11. The lowest BCUT2D eigenvalue weighted by atomic mass is 10.3. The molecule has 0 aromatic carbocycles. The van der Waals surface area contributed by atoms with E-state index in [2.05, 4.69) is 0 Å². The minimum atomic E-state index is 0.0329. The standard InChI is InChI=1S/C10H20N2O2/c1-5-10(14)12(8-9(2)13)7-6-11(3)4/h5-8H2,1-4H3. The normalized spacial score (nSPS) is 10.4. The van der Waals surface area contributed by atoms with Crippen LogP contribution in [0.1, 0.15) is 20.3 Å². The van der Waals surface area contributed by atoms with Crippen LogP contribution in [-0.4, -0.2) is 55.2 Å². The van der Waals surface area contributed by atoms with Crippen molar-refractivity contribution in [1.29, 1.82) is 0 Å². The summed E-state index contributed by atoms with van der Waals surface area (Å²) in [5.41, 5.74) is 0. The predicted octanol–water partition coefficient (Wildman–Crippen LogP) is 0.376. The Morgan fingerprint density at radius 2 is 1.71 bits per heavy atom. The molecule has 0 aliphatic carbocycles. The largest absolute Gasteiger partial charge is 0.334 e. The monoisotopic (exact) mass is 200 g/mol. The van der Waals surface area contributed by atoms with E-state index in [0.29, 0.717) is 13.0 Å². The molecule has 0 aliphatic rings. The van der Waals surface area contributed by atoms with Gasteiger partial charge in [-0.05, 0) is 21.0 Å². The highest BCUT2D eigenvalue weighted by molar-refractivity contribution is 5.84. The third-order valence-electron chi connectivity index (χ3n) is 1.89. The number of Topliss-reactive ketones (excluding diaryl/α,β-unsaturated/α-hetero) is 1. The number of carbonyl (C=O) groups is 2. The second kappa shape index (κ2) is 6.54. The molecule has 0 aliphatic heterocycles. The Hall–Kier alpha value is -0.900. The maximum Gasteiger partial charge on any atom is 0.222 e. The lowest BCUT2D eigenvalue weighted by molar-refractivity contribution is -0.134. The molecular formula is C10H20N2O2. The number of hydrogen-bond donors (Lipinski definition) is 0. The number of amides is 1. The van der Waals surface area contributed by atoms with Crippen LogP contribution in [0.15, 0.2) is 0 Å². The van der Waals surface area contributed by atoms with E-state index in [9.17, 15) is 9.59 Å². The number of ketones is 1. The van der Waals surface area contributed by atoms with E-state index in [0.717, 1.165) is 6.54 Å². The summed E-state index contributed by atoms with van der Waals surface area (Å²) >= 11 is 0. The molecule has 0 aromatic heterocycles. The summed E-state index contributed by atoms with van der Waals surface area (Å²) < 4.78 is 0. The molecule has 0 heterocycles. The van der Waals surface area contributed by atoms with E-state index < -0.39 is 0 Å². The summed E-state index contributed by atoms with van der Waals surface area (Å²) in [6, 6.07) is 0. The molecule has 14 heavy (non-hydrogen) atoms. The highest BCUT2D eigenvalue weighted by Crippen LogP contribution is 1.95. The molecular weight excluding hydrogens is 180 g/mol. The van der Waals surface area contributed by atoms with Gasteiger partial charge in [0, 0.05) is 19.5 Å². The molecule has 0 fully saturated rings. The van der Waals surface area contributed by atoms with Gasteiger partial charge in [0.25, 0.3) is 0 Å². The number of rotatable bonds is 6. The summed E-state index contributed by atoms with van der Waals surface area (Å²) in [6.45, 7) is 4.97. The van der Waals surface area contributed by atoms with Gasteiger partial charge in [-0.1, -0.05) is 6.92 Å². The molecule has 4 heteroatoms. The molecule has 0 atom stereocenters. The van der Waals surface area contributed by atoms with Crippen molar-refractivity contribution in [3.05, 3.63) is 0 Å². The lowest BCUT2D eigenvalue weighted by Gasteiger charge is -2.22. The van der Waals surface area contributed by atoms with Gasteiger partial charge in [-0.3, -0.25) is 9.59 Å². The number of carbonyl (C=O) groups excluding carboxylic acids is 2. The zero-order chi connectivity index (χ0) is 11.1. The molecule has 0 radical (unpaired) electrons. The molecule has 0 aromatic rings. The average Bonchev–Trinajstić information content (AvgIpc) is 2.10. The summed E-state index contributed by atoms with van der Waals surface area (Å²) in [5.74, 6) is 0.0765. The molecule has 0 rings (SSSR count). The maximum atomic E-state index is 11.4. The zero-order valence-corrected chi connectivity index (χ0v) is 9.54. The number of likely N-dealkylation sites (N-methyl/N-ethyl adjacent to an activating group) is 1. The van der Waals surface area contributed by atoms with Gasteiger partial charge in [-0.25, -0.2) is 0 Å². The first-order chi connectivity index (χ1) is 6.47. The number of hydrogen-bond acceptors (Lipinski definition) is 3. The maximum absolute atomic E-state index is 11.4. The van der Waals surface area contributed by atoms with E-state index in [1.807, 2.05) is 25.9 Å². The first-order valence-corrected chi connectivity index (χ1v) is 4.89. The summed E-state index contributed by atoms with van der Waals surface area (Å²) in [5, 5.41) is 0. The van der Waals surface area contributed by atoms with Crippen molar-refractivity contribution in [3.63, 3.8) is 0 Å². The molecule has 0 saturated carbocycles. The predicted molar refractivity (Wildman–Crippen MR) is 56.1 cm³/mol. The van der Waals surface area contributed by atoms with E-state index in [1.54, 1.807) is 4.90 Å². The van der Waals surface area contributed by atoms with Crippen molar-refractivity contribution in [1.82, 2.24) is 9.80 Å². The quantitative estimate of drug-likeness (QED) is 0.622. The molecule has 4 nitrogen and oxygen atoms in total. The number of nitrogens with zero attached hydrogens (tertiary/aromatic N) is 2. The Morgan fingerprint density at radius 1 is 1.14 bits per heavy atom. The fourth-order valence-corrected chi connectivity index (χ4v) is 1.11. The third kappa shape index (κ3) is 5.70. The van der Waals surface area contributed by atoms with Gasteiger partial charge >= 0.3 is 0 Å². The average molecular weight is 200 g/mol. The first kappa shape index (κ1) is 13.1. The van der Waals surface area contributed by atoms with E-state index in [4.69, 9.17) is 0 Å². The Morgan fingerprint density at radius 3 is 2.07 bits per heavy atom. The van der Waals surface area contributed by atoms with Crippen LogP contribution in [0.25, 0.3) is 0 Å². The van der Waals surface area contributed by atoms with Crippen molar-refractivity contribution in [2.24, 2.45) is 0 Å².